The first-order valence-electron chi connectivity index (χ1n) is 10.6. The number of nitrogens with two attached hydrogens (primary N) is 1. The van der Waals surface area contributed by atoms with Crippen LogP contribution in [0.5, 0.6) is 0 Å². The summed E-state index contributed by atoms with van der Waals surface area (Å²) >= 11 is 12.6. The molecule has 0 saturated heterocycles. The molecule has 174 valence electrons. The van der Waals surface area contributed by atoms with Gasteiger partial charge in [0.05, 0.1) is 30.3 Å². The summed E-state index contributed by atoms with van der Waals surface area (Å²) in [4.78, 5) is 27.5. The van der Waals surface area contributed by atoms with E-state index in [9.17, 15) is 9.59 Å². The van der Waals surface area contributed by atoms with Gasteiger partial charge in [0, 0.05) is 16.1 Å². The molecule has 1 heterocycles. The Morgan fingerprint density at radius 3 is 2.39 bits per heavy atom. The Morgan fingerprint density at radius 2 is 1.73 bits per heavy atom. The van der Waals surface area contributed by atoms with Gasteiger partial charge in [-0.05, 0) is 43.4 Å². The maximum absolute atomic E-state index is 13.5. The molecule has 0 saturated carbocycles. The van der Waals surface area contributed by atoms with E-state index in [4.69, 9.17) is 28.9 Å². The fraction of sp³-hybridized carbons (Fsp3) is 0.304. The van der Waals surface area contributed by atoms with Crippen molar-refractivity contribution in [3.05, 3.63) is 75.3 Å². The van der Waals surface area contributed by atoms with Gasteiger partial charge in [0.15, 0.2) is 17.4 Å². The minimum absolute atomic E-state index is 0.101. The summed E-state index contributed by atoms with van der Waals surface area (Å²) in [6.07, 6.45) is 0. The number of nitrogens with one attached hydrogen (secondary N) is 1. The average molecular weight is 489 g/mol. The molecule has 33 heavy (non-hydrogen) atoms. The van der Waals surface area contributed by atoms with Crippen LogP contribution in [0.3, 0.4) is 0 Å². The van der Waals surface area contributed by atoms with Crippen LogP contribution >= 0.6 is 23.2 Å². The minimum atomic E-state index is -0.321. The SMILES string of the molecule is CCN(CC)Cc1nnc(CNC(=O)CN)n1-c1ccc(Cl)cc1C(=O)c1ccccc1Cl. The molecule has 0 bridgehead atoms. The summed E-state index contributed by atoms with van der Waals surface area (Å²) in [5.41, 5.74) is 6.68. The van der Waals surface area contributed by atoms with Gasteiger partial charge in [-0.3, -0.25) is 19.1 Å². The van der Waals surface area contributed by atoms with E-state index < -0.39 is 0 Å². The van der Waals surface area contributed by atoms with E-state index in [1.54, 1.807) is 47.0 Å². The van der Waals surface area contributed by atoms with Crippen LogP contribution < -0.4 is 11.1 Å². The second-order valence-electron chi connectivity index (χ2n) is 7.28. The predicted octanol–water partition coefficient (Wildman–Crippen LogP) is 3.22. The van der Waals surface area contributed by atoms with E-state index in [-0.39, 0.29) is 24.8 Å². The predicted molar refractivity (Wildman–Crippen MR) is 129 cm³/mol. The molecule has 0 spiro atoms. The number of aromatic nitrogens is 3. The standard InChI is InChI=1S/C23H26Cl2N6O2/c1-3-30(4-2)14-21-29-28-20(13-27-22(32)12-26)31(21)19-10-9-15(24)11-17(19)23(33)16-7-5-6-8-18(16)25/h5-11H,3-4,12-14,26H2,1-2H3,(H,27,32). The van der Waals surface area contributed by atoms with E-state index >= 15 is 0 Å². The maximum Gasteiger partial charge on any atom is 0.234 e. The van der Waals surface area contributed by atoms with Crippen molar-refractivity contribution >= 4 is 34.9 Å². The summed E-state index contributed by atoms with van der Waals surface area (Å²) in [6.45, 7) is 6.21. The van der Waals surface area contributed by atoms with Crippen LogP contribution in [0.2, 0.25) is 10.0 Å². The zero-order valence-electron chi connectivity index (χ0n) is 18.5. The molecule has 0 aliphatic carbocycles. The van der Waals surface area contributed by atoms with Crippen LogP contribution in [-0.4, -0.2) is 51.0 Å². The molecule has 1 amide bonds. The molecule has 0 unspecified atom stereocenters. The van der Waals surface area contributed by atoms with Gasteiger partial charge in [-0.25, -0.2) is 0 Å². The molecule has 3 N–H and O–H groups in total. The van der Waals surface area contributed by atoms with E-state index in [2.05, 4.69) is 34.3 Å². The van der Waals surface area contributed by atoms with Gasteiger partial charge in [-0.1, -0.05) is 49.2 Å². The normalized spacial score (nSPS) is 11.1. The Balaban J connectivity index is 2.15. The van der Waals surface area contributed by atoms with Crippen LogP contribution in [0.1, 0.15) is 41.4 Å². The quantitative estimate of drug-likeness (QED) is 0.424. The molecule has 2 aromatic carbocycles. The first kappa shape index (κ1) is 24.9. The monoisotopic (exact) mass is 488 g/mol. The summed E-state index contributed by atoms with van der Waals surface area (Å²) in [7, 11) is 0. The molecule has 0 atom stereocenters. The van der Waals surface area contributed by atoms with Crippen molar-refractivity contribution in [1.29, 1.82) is 0 Å². The molecule has 3 aromatic rings. The number of carbonyl (C=O) groups excluding carboxylic acids is 2. The zero-order valence-corrected chi connectivity index (χ0v) is 20.0. The molecule has 0 aliphatic heterocycles. The van der Waals surface area contributed by atoms with Gasteiger partial charge < -0.3 is 11.1 Å². The van der Waals surface area contributed by atoms with Crippen molar-refractivity contribution in [2.24, 2.45) is 5.73 Å². The molecule has 10 heteroatoms. The van der Waals surface area contributed by atoms with Crippen LogP contribution in [-0.2, 0) is 17.9 Å². The van der Waals surface area contributed by atoms with E-state index in [1.807, 2.05) is 0 Å². The van der Waals surface area contributed by atoms with Crippen LogP contribution in [0.25, 0.3) is 5.69 Å². The van der Waals surface area contributed by atoms with Crippen molar-refractivity contribution in [1.82, 2.24) is 25.0 Å². The summed E-state index contributed by atoms with van der Waals surface area (Å²) in [5, 5.41) is 12.1. The first-order chi connectivity index (χ1) is 15.9. The Morgan fingerprint density at radius 1 is 1.03 bits per heavy atom. The summed E-state index contributed by atoms with van der Waals surface area (Å²) in [6, 6.07) is 11.9. The molecule has 1 aromatic heterocycles. The van der Waals surface area contributed by atoms with Gasteiger partial charge in [-0.2, -0.15) is 0 Å². The van der Waals surface area contributed by atoms with Gasteiger partial charge in [0.2, 0.25) is 5.91 Å². The number of ketones is 1. The lowest BCUT2D eigenvalue weighted by atomic mass is 10.0. The Labute approximate surface area is 202 Å². The van der Waals surface area contributed by atoms with E-state index in [1.165, 1.54) is 0 Å². The fourth-order valence-corrected chi connectivity index (χ4v) is 3.81. The Hall–Kier alpha value is -2.78. The lowest BCUT2D eigenvalue weighted by Crippen LogP contribution is -2.31. The third-order valence-corrected chi connectivity index (χ3v) is 5.81. The van der Waals surface area contributed by atoms with Gasteiger partial charge in [0.1, 0.15) is 0 Å². The van der Waals surface area contributed by atoms with Crippen molar-refractivity contribution < 1.29 is 9.59 Å². The van der Waals surface area contributed by atoms with Crippen LogP contribution in [0, 0.1) is 0 Å². The summed E-state index contributed by atoms with van der Waals surface area (Å²) < 4.78 is 1.79. The molecule has 0 fully saturated rings. The average Bonchev–Trinajstić information content (AvgIpc) is 3.22. The number of rotatable bonds is 10. The molecule has 8 nitrogen and oxygen atoms in total. The number of amides is 1. The molecule has 3 rings (SSSR count). The largest absolute Gasteiger partial charge is 0.348 e. The third-order valence-electron chi connectivity index (χ3n) is 5.25. The number of halogens is 2. The van der Waals surface area contributed by atoms with E-state index in [0.29, 0.717) is 45.1 Å². The third kappa shape index (κ3) is 5.78. The highest BCUT2D eigenvalue weighted by molar-refractivity contribution is 6.35. The van der Waals surface area contributed by atoms with Gasteiger partial charge in [-0.15, -0.1) is 10.2 Å². The van der Waals surface area contributed by atoms with Gasteiger partial charge in [0.25, 0.3) is 0 Å². The fourth-order valence-electron chi connectivity index (χ4n) is 3.42. The second-order valence-corrected chi connectivity index (χ2v) is 8.12. The number of nitrogens with zero attached hydrogens (tertiary/aromatic N) is 4. The zero-order chi connectivity index (χ0) is 24.0. The van der Waals surface area contributed by atoms with Gasteiger partial charge >= 0.3 is 0 Å². The van der Waals surface area contributed by atoms with E-state index in [0.717, 1.165) is 13.1 Å². The van der Waals surface area contributed by atoms with Crippen LogP contribution in [0.15, 0.2) is 42.5 Å². The van der Waals surface area contributed by atoms with Crippen molar-refractivity contribution in [2.75, 3.05) is 19.6 Å². The van der Waals surface area contributed by atoms with Crippen molar-refractivity contribution in [3.63, 3.8) is 0 Å². The Kier molecular flexibility index (Phi) is 8.57. The Bertz CT molecular complexity index is 1140. The highest BCUT2D eigenvalue weighted by Crippen LogP contribution is 2.27. The minimum Gasteiger partial charge on any atom is -0.348 e. The highest BCUT2D eigenvalue weighted by atomic mass is 35.5. The lowest BCUT2D eigenvalue weighted by Gasteiger charge is -2.20. The number of hydrogen-bond acceptors (Lipinski definition) is 6. The number of benzene rings is 2. The molecular formula is C23H26Cl2N6O2. The smallest absolute Gasteiger partial charge is 0.234 e. The number of carbonyl (C=O) groups is 2. The van der Waals surface area contributed by atoms with Crippen molar-refractivity contribution in [3.8, 4) is 5.69 Å². The summed E-state index contributed by atoms with van der Waals surface area (Å²) in [5.74, 6) is 0.497. The molecule has 0 aliphatic rings. The lowest BCUT2D eigenvalue weighted by molar-refractivity contribution is -0.119. The topological polar surface area (TPSA) is 106 Å². The van der Waals surface area contributed by atoms with Crippen molar-refractivity contribution in [2.45, 2.75) is 26.9 Å². The first-order valence-corrected chi connectivity index (χ1v) is 11.4. The second kappa shape index (κ2) is 11.4. The molecule has 0 radical (unpaired) electrons. The maximum atomic E-state index is 13.5. The highest BCUT2D eigenvalue weighted by Gasteiger charge is 2.23. The van der Waals surface area contributed by atoms with Crippen LogP contribution in [0.4, 0.5) is 0 Å². The number of hydrogen-bond donors (Lipinski definition) is 2. The molecular weight excluding hydrogens is 463 g/mol.